The van der Waals surface area contributed by atoms with Crippen molar-refractivity contribution in [1.29, 1.82) is 0 Å². The molecule has 1 aliphatic heterocycles. The smallest absolute Gasteiger partial charge is 0.343 e. The van der Waals surface area contributed by atoms with E-state index in [4.69, 9.17) is 14.2 Å². The normalized spacial score (nSPS) is 13.9. The van der Waals surface area contributed by atoms with E-state index in [-0.39, 0.29) is 17.4 Å². The van der Waals surface area contributed by atoms with Crippen LogP contribution < -0.4 is 15.0 Å². The Morgan fingerprint density at radius 3 is 2.65 bits per heavy atom. The topological polar surface area (TPSA) is 87.8 Å². The molecule has 3 aromatic rings. The number of carbonyl (C=O) groups is 1. The van der Waals surface area contributed by atoms with E-state index in [0.717, 1.165) is 17.0 Å². The number of esters is 1. The van der Waals surface area contributed by atoms with Gasteiger partial charge in [-0.3, -0.25) is 9.69 Å². The molecule has 34 heavy (non-hydrogen) atoms. The predicted molar refractivity (Wildman–Crippen MR) is 127 cm³/mol. The number of pyridine rings is 1. The number of rotatable bonds is 7. The maximum atomic E-state index is 12.9. The summed E-state index contributed by atoms with van der Waals surface area (Å²) in [6.45, 7) is 6.20. The van der Waals surface area contributed by atoms with Crippen molar-refractivity contribution in [3.05, 3.63) is 69.9 Å². The molecule has 0 fully saturated rings. The van der Waals surface area contributed by atoms with E-state index in [1.165, 1.54) is 13.2 Å². The lowest BCUT2D eigenvalue weighted by atomic mass is 10.1. The first-order valence-corrected chi connectivity index (χ1v) is 11.3. The molecule has 1 aliphatic rings. The van der Waals surface area contributed by atoms with Crippen molar-refractivity contribution in [3.8, 4) is 17.2 Å². The van der Waals surface area contributed by atoms with Crippen LogP contribution in [0.1, 0.15) is 35.5 Å². The number of ether oxygens (including phenoxy) is 3. The summed E-state index contributed by atoms with van der Waals surface area (Å²) in [5, 5.41) is 4.50. The molecule has 4 rings (SSSR count). The molecule has 0 spiro atoms. The molecule has 3 heterocycles. The lowest BCUT2D eigenvalue weighted by Crippen LogP contribution is -2.29. The third-order valence-corrected chi connectivity index (χ3v) is 5.81. The van der Waals surface area contributed by atoms with Crippen LogP contribution in [-0.2, 0) is 24.2 Å². The molecule has 0 unspecified atom stereocenters. The predicted octanol–water partition coefficient (Wildman–Crippen LogP) is 2.67. The van der Waals surface area contributed by atoms with Crippen LogP contribution in [0.3, 0.4) is 0 Å². The van der Waals surface area contributed by atoms with E-state index < -0.39 is 5.97 Å². The number of aromatic nitrogens is 3. The number of nitrogens with zero attached hydrogens (tertiary/aromatic N) is 4. The van der Waals surface area contributed by atoms with Crippen LogP contribution in [-0.4, -0.2) is 58.6 Å². The number of methoxy groups -OCH3 is 2. The first kappa shape index (κ1) is 23.6. The van der Waals surface area contributed by atoms with Gasteiger partial charge in [0.15, 0.2) is 0 Å². The summed E-state index contributed by atoms with van der Waals surface area (Å²) in [6, 6.07) is 9.11. The van der Waals surface area contributed by atoms with Gasteiger partial charge in [0.25, 0.3) is 5.56 Å². The molecule has 1 aromatic carbocycles. The van der Waals surface area contributed by atoms with Crippen LogP contribution in [0.25, 0.3) is 5.69 Å². The fourth-order valence-electron chi connectivity index (χ4n) is 4.27. The lowest BCUT2D eigenvalue weighted by molar-refractivity contribution is 0.0591. The summed E-state index contributed by atoms with van der Waals surface area (Å²) in [7, 11) is 2.98. The Hall–Kier alpha value is -3.59. The third-order valence-electron chi connectivity index (χ3n) is 5.81. The molecular formula is C25H30N4O5. The first-order valence-electron chi connectivity index (χ1n) is 11.3. The SMILES string of the molecule is COC(=O)c1c(OC(C)C)cc(=O)n2c1CCN(Cc1cnn(-c3ccccc3OC)c1)CC2. The highest BCUT2D eigenvalue weighted by Gasteiger charge is 2.26. The molecule has 0 atom stereocenters. The minimum absolute atomic E-state index is 0.173. The van der Waals surface area contributed by atoms with Gasteiger partial charge in [-0.25, -0.2) is 9.48 Å². The van der Waals surface area contributed by atoms with Crippen molar-refractivity contribution in [1.82, 2.24) is 19.2 Å². The highest BCUT2D eigenvalue weighted by atomic mass is 16.5. The van der Waals surface area contributed by atoms with Gasteiger partial charge in [0.2, 0.25) is 0 Å². The average Bonchev–Trinajstić information content (AvgIpc) is 3.18. The van der Waals surface area contributed by atoms with Crippen LogP contribution in [0.2, 0.25) is 0 Å². The second-order valence-corrected chi connectivity index (χ2v) is 8.47. The molecule has 0 radical (unpaired) electrons. The van der Waals surface area contributed by atoms with Gasteiger partial charge in [0.05, 0.1) is 26.5 Å². The van der Waals surface area contributed by atoms with Crippen molar-refractivity contribution < 1.29 is 19.0 Å². The highest BCUT2D eigenvalue weighted by molar-refractivity contribution is 5.93. The third kappa shape index (κ3) is 4.84. The van der Waals surface area contributed by atoms with Gasteiger partial charge >= 0.3 is 5.97 Å². The van der Waals surface area contributed by atoms with Crippen LogP contribution in [0.15, 0.2) is 47.5 Å². The highest BCUT2D eigenvalue weighted by Crippen LogP contribution is 2.26. The molecule has 0 amide bonds. The second-order valence-electron chi connectivity index (χ2n) is 8.47. The largest absolute Gasteiger partial charge is 0.494 e. The fourth-order valence-corrected chi connectivity index (χ4v) is 4.27. The zero-order valence-electron chi connectivity index (χ0n) is 20.0. The second kappa shape index (κ2) is 10.1. The van der Waals surface area contributed by atoms with E-state index >= 15 is 0 Å². The summed E-state index contributed by atoms with van der Waals surface area (Å²) < 4.78 is 19.7. The molecule has 0 bridgehead atoms. The first-order chi connectivity index (χ1) is 16.4. The molecule has 0 N–H and O–H groups in total. The van der Waals surface area contributed by atoms with Crippen LogP contribution in [0.4, 0.5) is 0 Å². The van der Waals surface area contributed by atoms with Gasteiger partial charge in [0.1, 0.15) is 22.7 Å². The van der Waals surface area contributed by atoms with Crippen molar-refractivity contribution in [2.45, 2.75) is 39.5 Å². The standard InChI is InChI=1S/C25H30N4O5/c1-17(2)34-22-13-23(30)28-12-11-27(10-9-20(28)24(22)25(31)33-4)15-18-14-26-29(16-18)19-7-5-6-8-21(19)32-3/h5-8,13-14,16-17H,9-12,15H2,1-4H3. The van der Waals surface area contributed by atoms with Crippen LogP contribution >= 0.6 is 0 Å². The zero-order valence-corrected chi connectivity index (χ0v) is 20.0. The monoisotopic (exact) mass is 466 g/mol. The molecular weight excluding hydrogens is 436 g/mol. The van der Waals surface area contributed by atoms with E-state index in [0.29, 0.717) is 43.9 Å². The number of carbonyl (C=O) groups excluding carboxylic acids is 1. The summed E-state index contributed by atoms with van der Waals surface area (Å²) in [4.78, 5) is 27.7. The lowest BCUT2D eigenvalue weighted by Gasteiger charge is -2.18. The van der Waals surface area contributed by atoms with Crippen molar-refractivity contribution in [2.75, 3.05) is 27.3 Å². The zero-order chi connectivity index (χ0) is 24.2. The molecule has 9 nitrogen and oxygen atoms in total. The Kier molecular flexibility index (Phi) is 7.02. The van der Waals surface area contributed by atoms with E-state index in [1.807, 2.05) is 50.5 Å². The summed E-state index contributed by atoms with van der Waals surface area (Å²) in [5.41, 5.74) is 2.72. The van der Waals surface area contributed by atoms with E-state index in [9.17, 15) is 9.59 Å². The minimum Gasteiger partial charge on any atom is -0.494 e. The minimum atomic E-state index is -0.495. The Bertz CT molecular complexity index is 1230. The molecule has 0 saturated heterocycles. The van der Waals surface area contributed by atoms with E-state index in [2.05, 4.69) is 10.00 Å². The summed E-state index contributed by atoms with van der Waals surface area (Å²) in [6.07, 6.45) is 4.17. The van der Waals surface area contributed by atoms with Gasteiger partial charge in [-0.15, -0.1) is 0 Å². The number of para-hydroxylation sites is 2. The van der Waals surface area contributed by atoms with Crippen LogP contribution in [0, 0.1) is 0 Å². The molecule has 0 saturated carbocycles. The molecule has 9 heteroatoms. The van der Waals surface area contributed by atoms with Gasteiger partial charge in [-0.05, 0) is 26.0 Å². The number of benzene rings is 1. The Morgan fingerprint density at radius 1 is 1.12 bits per heavy atom. The van der Waals surface area contributed by atoms with Gasteiger partial charge < -0.3 is 18.8 Å². The average molecular weight is 467 g/mol. The molecule has 180 valence electrons. The number of hydrogen-bond donors (Lipinski definition) is 0. The maximum Gasteiger partial charge on any atom is 0.343 e. The van der Waals surface area contributed by atoms with Crippen molar-refractivity contribution >= 4 is 5.97 Å². The molecule has 2 aromatic heterocycles. The molecule has 0 aliphatic carbocycles. The summed E-state index contributed by atoms with van der Waals surface area (Å²) in [5.74, 6) is 0.534. The fraction of sp³-hybridized carbons (Fsp3) is 0.400. The Balaban J connectivity index is 1.56. The number of fused-ring (bicyclic) bond motifs is 1. The van der Waals surface area contributed by atoms with Crippen molar-refractivity contribution in [3.63, 3.8) is 0 Å². The quantitative estimate of drug-likeness (QED) is 0.495. The van der Waals surface area contributed by atoms with Gasteiger partial charge in [-0.2, -0.15) is 5.10 Å². The Morgan fingerprint density at radius 2 is 1.91 bits per heavy atom. The maximum absolute atomic E-state index is 12.9. The van der Waals surface area contributed by atoms with Gasteiger partial charge in [-0.1, -0.05) is 12.1 Å². The van der Waals surface area contributed by atoms with Crippen LogP contribution in [0.5, 0.6) is 11.5 Å². The summed E-state index contributed by atoms with van der Waals surface area (Å²) >= 11 is 0. The Labute approximate surface area is 198 Å². The van der Waals surface area contributed by atoms with Gasteiger partial charge in [0, 0.05) is 56.1 Å². The van der Waals surface area contributed by atoms with Crippen molar-refractivity contribution in [2.24, 2.45) is 0 Å². The number of hydrogen-bond acceptors (Lipinski definition) is 7. The van der Waals surface area contributed by atoms with E-state index in [1.54, 1.807) is 16.4 Å².